The van der Waals surface area contributed by atoms with Gasteiger partial charge in [0, 0.05) is 18.5 Å². The largest absolute Gasteiger partial charge is 0.300 e. The van der Waals surface area contributed by atoms with Gasteiger partial charge in [-0.3, -0.25) is 4.79 Å². The SMILES string of the molecule is Cc1cccc(-c2nnc(NC(=O)CCNS(=O)(=O)c3ccc(F)cc3)s2)c1. The summed E-state index contributed by atoms with van der Waals surface area (Å²) in [4.78, 5) is 12.0. The lowest BCUT2D eigenvalue weighted by molar-refractivity contribution is -0.116. The Labute approximate surface area is 165 Å². The minimum atomic E-state index is -3.80. The lowest BCUT2D eigenvalue weighted by atomic mass is 10.1. The number of rotatable bonds is 7. The number of hydrogen-bond acceptors (Lipinski definition) is 6. The molecule has 0 bridgehead atoms. The lowest BCUT2D eigenvalue weighted by Crippen LogP contribution is -2.27. The van der Waals surface area contributed by atoms with Gasteiger partial charge in [-0.25, -0.2) is 17.5 Å². The number of aromatic nitrogens is 2. The number of nitrogens with one attached hydrogen (secondary N) is 2. The average molecular weight is 420 g/mol. The predicted molar refractivity (Wildman–Crippen MR) is 105 cm³/mol. The van der Waals surface area contributed by atoms with Gasteiger partial charge in [-0.05, 0) is 37.3 Å². The third-order valence-electron chi connectivity index (χ3n) is 3.70. The first-order valence-electron chi connectivity index (χ1n) is 8.29. The van der Waals surface area contributed by atoms with Gasteiger partial charge >= 0.3 is 0 Å². The Bertz CT molecular complexity index is 1080. The van der Waals surface area contributed by atoms with Gasteiger partial charge in [-0.15, -0.1) is 10.2 Å². The molecule has 28 heavy (non-hydrogen) atoms. The van der Waals surface area contributed by atoms with Crippen LogP contribution in [-0.4, -0.2) is 31.1 Å². The van der Waals surface area contributed by atoms with Crippen molar-refractivity contribution in [3.05, 3.63) is 59.9 Å². The van der Waals surface area contributed by atoms with Crippen LogP contribution in [0.4, 0.5) is 9.52 Å². The monoisotopic (exact) mass is 420 g/mol. The van der Waals surface area contributed by atoms with Gasteiger partial charge in [0.25, 0.3) is 0 Å². The van der Waals surface area contributed by atoms with Crippen LogP contribution in [-0.2, 0) is 14.8 Å². The van der Waals surface area contributed by atoms with Gasteiger partial charge in [-0.2, -0.15) is 0 Å². The zero-order valence-electron chi connectivity index (χ0n) is 14.8. The maximum atomic E-state index is 12.9. The van der Waals surface area contributed by atoms with Gasteiger partial charge in [-0.1, -0.05) is 35.1 Å². The third-order valence-corrected chi connectivity index (χ3v) is 6.07. The fourth-order valence-corrected chi connectivity index (χ4v) is 4.13. The molecule has 7 nitrogen and oxygen atoms in total. The van der Waals surface area contributed by atoms with Crippen LogP contribution in [0.25, 0.3) is 10.6 Å². The van der Waals surface area contributed by atoms with Gasteiger partial charge < -0.3 is 5.32 Å². The molecule has 2 aromatic carbocycles. The maximum absolute atomic E-state index is 12.9. The molecule has 0 aliphatic rings. The van der Waals surface area contributed by atoms with E-state index >= 15 is 0 Å². The van der Waals surface area contributed by atoms with E-state index in [0.717, 1.165) is 35.4 Å². The fourth-order valence-electron chi connectivity index (χ4n) is 2.35. The second-order valence-electron chi connectivity index (χ2n) is 5.93. The number of halogens is 1. The van der Waals surface area contributed by atoms with Crippen LogP contribution >= 0.6 is 11.3 Å². The summed E-state index contributed by atoms with van der Waals surface area (Å²) >= 11 is 1.23. The summed E-state index contributed by atoms with van der Waals surface area (Å²) < 4.78 is 39.4. The number of aryl methyl sites for hydroxylation is 1. The molecular weight excluding hydrogens is 403 g/mol. The molecule has 0 spiro atoms. The molecule has 0 atom stereocenters. The standard InChI is InChI=1S/C18H17FN4O3S2/c1-12-3-2-4-13(11-12)17-22-23-18(27-17)21-16(24)9-10-20-28(25,26)15-7-5-14(19)6-8-15/h2-8,11,20H,9-10H2,1H3,(H,21,23,24). The van der Waals surface area contributed by atoms with E-state index in [1.165, 1.54) is 11.3 Å². The van der Waals surface area contributed by atoms with Crippen LogP contribution in [0.2, 0.25) is 0 Å². The first-order valence-corrected chi connectivity index (χ1v) is 10.6. The van der Waals surface area contributed by atoms with E-state index < -0.39 is 21.7 Å². The van der Waals surface area contributed by atoms with Crippen LogP contribution in [0.15, 0.2) is 53.4 Å². The first kappa shape index (κ1) is 20.1. The minimum Gasteiger partial charge on any atom is -0.300 e. The predicted octanol–water partition coefficient (Wildman–Crippen LogP) is 2.96. The molecule has 0 radical (unpaired) electrons. The molecule has 0 unspecified atom stereocenters. The van der Waals surface area contributed by atoms with Crippen LogP contribution in [0, 0.1) is 12.7 Å². The maximum Gasteiger partial charge on any atom is 0.240 e. The van der Waals surface area contributed by atoms with E-state index in [4.69, 9.17) is 0 Å². The van der Waals surface area contributed by atoms with Crippen LogP contribution in [0.1, 0.15) is 12.0 Å². The molecule has 0 aliphatic carbocycles. The summed E-state index contributed by atoms with van der Waals surface area (Å²) in [6, 6.07) is 12.2. The highest BCUT2D eigenvalue weighted by atomic mass is 32.2. The van der Waals surface area contributed by atoms with E-state index in [-0.39, 0.29) is 17.9 Å². The summed E-state index contributed by atoms with van der Waals surface area (Å²) in [6.45, 7) is 1.87. The second-order valence-corrected chi connectivity index (χ2v) is 8.68. The Morgan fingerprint density at radius 1 is 1.14 bits per heavy atom. The number of benzene rings is 2. The minimum absolute atomic E-state index is 0.0683. The molecule has 1 aromatic heterocycles. The Balaban J connectivity index is 1.53. The molecule has 146 valence electrons. The van der Waals surface area contributed by atoms with Gasteiger partial charge in [0.05, 0.1) is 4.90 Å². The molecular formula is C18H17FN4O3S2. The fraction of sp³-hybridized carbons (Fsp3) is 0.167. The zero-order chi connectivity index (χ0) is 20.1. The van der Waals surface area contributed by atoms with Crippen molar-refractivity contribution in [2.75, 3.05) is 11.9 Å². The Morgan fingerprint density at radius 2 is 1.89 bits per heavy atom. The van der Waals surface area contributed by atoms with Crippen molar-refractivity contribution in [2.45, 2.75) is 18.2 Å². The van der Waals surface area contributed by atoms with Gasteiger partial charge in [0.2, 0.25) is 21.1 Å². The lowest BCUT2D eigenvalue weighted by Gasteiger charge is -2.06. The van der Waals surface area contributed by atoms with Crippen molar-refractivity contribution in [3.8, 4) is 10.6 Å². The average Bonchev–Trinajstić information content (AvgIpc) is 3.10. The number of carbonyl (C=O) groups excluding carboxylic acids is 1. The van der Waals surface area contributed by atoms with Crippen molar-refractivity contribution in [1.82, 2.24) is 14.9 Å². The molecule has 0 saturated carbocycles. The Hall–Kier alpha value is -2.69. The molecule has 1 amide bonds. The van der Waals surface area contributed by atoms with E-state index in [9.17, 15) is 17.6 Å². The zero-order valence-corrected chi connectivity index (χ0v) is 16.5. The highest BCUT2D eigenvalue weighted by Crippen LogP contribution is 2.26. The number of carbonyl (C=O) groups is 1. The highest BCUT2D eigenvalue weighted by Gasteiger charge is 2.15. The van der Waals surface area contributed by atoms with Crippen molar-refractivity contribution in [2.24, 2.45) is 0 Å². The van der Waals surface area contributed by atoms with E-state index in [0.29, 0.717) is 10.1 Å². The van der Waals surface area contributed by atoms with E-state index in [1.807, 2.05) is 31.2 Å². The van der Waals surface area contributed by atoms with Crippen LogP contribution in [0.5, 0.6) is 0 Å². The van der Waals surface area contributed by atoms with Crippen molar-refractivity contribution >= 4 is 32.4 Å². The van der Waals surface area contributed by atoms with Gasteiger partial charge in [0.1, 0.15) is 10.8 Å². The van der Waals surface area contributed by atoms with E-state index in [2.05, 4.69) is 20.2 Å². The van der Waals surface area contributed by atoms with Crippen molar-refractivity contribution in [1.29, 1.82) is 0 Å². The topological polar surface area (TPSA) is 101 Å². The molecule has 3 aromatic rings. The Morgan fingerprint density at radius 3 is 2.61 bits per heavy atom. The summed E-state index contributed by atoms with van der Waals surface area (Å²) in [5.41, 5.74) is 2.00. The van der Waals surface area contributed by atoms with Gasteiger partial charge in [0.15, 0.2) is 0 Å². The Kier molecular flexibility index (Phi) is 6.12. The molecule has 0 aliphatic heterocycles. The summed E-state index contributed by atoms with van der Waals surface area (Å²) in [6.07, 6.45) is -0.0835. The summed E-state index contributed by atoms with van der Waals surface area (Å²) in [7, 11) is -3.80. The highest BCUT2D eigenvalue weighted by molar-refractivity contribution is 7.89. The van der Waals surface area contributed by atoms with E-state index in [1.54, 1.807) is 0 Å². The second kappa shape index (κ2) is 8.55. The third kappa shape index (κ3) is 5.18. The van der Waals surface area contributed by atoms with Crippen molar-refractivity contribution in [3.63, 3.8) is 0 Å². The molecule has 0 fully saturated rings. The molecule has 1 heterocycles. The number of nitrogens with zero attached hydrogens (tertiary/aromatic N) is 2. The molecule has 0 saturated heterocycles. The normalized spacial score (nSPS) is 11.4. The van der Waals surface area contributed by atoms with Crippen LogP contribution < -0.4 is 10.0 Å². The van der Waals surface area contributed by atoms with Crippen molar-refractivity contribution < 1.29 is 17.6 Å². The number of hydrogen-bond donors (Lipinski definition) is 2. The quantitative estimate of drug-likeness (QED) is 0.612. The summed E-state index contributed by atoms with van der Waals surface area (Å²) in [5, 5.41) is 11.6. The number of amides is 1. The summed E-state index contributed by atoms with van der Waals surface area (Å²) in [5.74, 6) is -0.922. The molecule has 2 N–H and O–H groups in total. The molecule has 3 rings (SSSR count). The first-order chi connectivity index (χ1) is 13.3. The molecule has 10 heteroatoms. The number of anilines is 1. The smallest absolute Gasteiger partial charge is 0.240 e. The number of sulfonamides is 1. The van der Waals surface area contributed by atoms with Crippen LogP contribution in [0.3, 0.4) is 0 Å².